The minimum Gasteiger partial charge on any atom is -0.444 e. The summed E-state index contributed by atoms with van der Waals surface area (Å²) < 4.78 is 10.9. The van der Waals surface area contributed by atoms with Crippen molar-refractivity contribution >= 4 is 0 Å². The van der Waals surface area contributed by atoms with Crippen LogP contribution in [0.4, 0.5) is 0 Å². The zero-order chi connectivity index (χ0) is 16.2. The monoisotopic (exact) mass is 324 g/mol. The van der Waals surface area contributed by atoms with Gasteiger partial charge in [-0.1, -0.05) is 36.2 Å². The molecule has 1 saturated heterocycles. The zero-order valence-electron chi connectivity index (χ0n) is 13.4. The third-order valence-corrected chi connectivity index (χ3v) is 4.26. The fraction of sp³-hybridized carbons (Fsp3) is 0.389. The van der Waals surface area contributed by atoms with Gasteiger partial charge in [0.05, 0.1) is 18.2 Å². The maximum absolute atomic E-state index is 5.55. The van der Waals surface area contributed by atoms with Crippen LogP contribution in [0.15, 0.2) is 45.5 Å². The van der Waals surface area contributed by atoms with Crippen molar-refractivity contribution in [2.75, 3.05) is 6.54 Å². The van der Waals surface area contributed by atoms with Crippen molar-refractivity contribution in [3.63, 3.8) is 0 Å². The van der Waals surface area contributed by atoms with E-state index >= 15 is 0 Å². The van der Waals surface area contributed by atoms with Crippen molar-refractivity contribution in [1.29, 1.82) is 0 Å². The van der Waals surface area contributed by atoms with Gasteiger partial charge in [0.1, 0.15) is 6.26 Å². The van der Waals surface area contributed by atoms with Crippen LogP contribution in [0.2, 0.25) is 0 Å². The summed E-state index contributed by atoms with van der Waals surface area (Å²) >= 11 is 0. The topological polar surface area (TPSA) is 77.0 Å². The molecular formula is C18H20N4O2. The van der Waals surface area contributed by atoms with Gasteiger partial charge in [-0.3, -0.25) is 0 Å². The number of hydrogen-bond donors (Lipinski definition) is 1. The van der Waals surface area contributed by atoms with Crippen LogP contribution >= 0.6 is 0 Å². The molecular weight excluding hydrogens is 304 g/mol. The fourth-order valence-corrected chi connectivity index (χ4v) is 2.99. The second-order valence-corrected chi connectivity index (χ2v) is 6.09. The molecule has 1 aliphatic rings. The van der Waals surface area contributed by atoms with Gasteiger partial charge in [-0.2, -0.15) is 4.98 Å². The predicted molar refractivity (Wildman–Crippen MR) is 88.3 cm³/mol. The van der Waals surface area contributed by atoms with Gasteiger partial charge in [0.2, 0.25) is 11.8 Å². The highest BCUT2D eigenvalue weighted by atomic mass is 16.5. The van der Waals surface area contributed by atoms with Gasteiger partial charge >= 0.3 is 0 Å². The van der Waals surface area contributed by atoms with Gasteiger partial charge in [0.25, 0.3) is 0 Å². The van der Waals surface area contributed by atoms with Crippen LogP contribution in [0.1, 0.15) is 49.1 Å². The number of oxazole rings is 1. The lowest BCUT2D eigenvalue weighted by Gasteiger charge is -2.09. The normalized spacial score (nSPS) is 18.4. The molecule has 1 N–H and O–H groups in total. The molecule has 6 nitrogen and oxygen atoms in total. The molecule has 6 heteroatoms. The number of nitrogens with zero attached hydrogens (tertiary/aromatic N) is 3. The molecule has 3 heterocycles. The molecule has 0 aliphatic carbocycles. The molecule has 1 fully saturated rings. The van der Waals surface area contributed by atoms with Gasteiger partial charge in [-0.25, -0.2) is 4.98 Å². The highest BCUT2D eigenvalue weighted by Gasteiger charge is 2.20. The number of hydrogen-bond acceptors (Lipinski definition) is 6. The third-order valence-electron chi connectivity index (χ3n) is 4.26. The molecule has 1 atom stereocenters. The Morgan fingerprint density at radius 2 is 2.00 bits per heavy atom. The van der Waals surface area contributed by atoms with Gasteiger partial charge in [0.15, 0.2) is 5.82 Å². The first-order valence-electron chi connectivity index (χ1n) is 8.44. The highest BCUT2D eigenvalue weighted by molar-refractivity contribution is 5.52. The Labute approximate surface area is 140 Å². The summed E-state index contributed by atoms with van der Waals surface area (Å²) in [5, 5.41) is 7.62. The van der Waals surface area contributed by atoms with Crippen molar-refractivity contribution in [3.05, 3.63) is 54.0 Å². The van der Waals surface area contributed by atoms with Crippen molar-refractivity contribution in [3.8, 4) is 11.5 Å². The van der Waals surface area contributed by atoms with Crippen molar-refractivity contribution in [1.82, 2.24) is 20.4 Å². The van der Waals surface area contributed by atoms with E-state index in [4.69, 9.17) is 8.94 Å². The molecule has 0 amide bonds. The lowest BCUT2D eigenvalue weighted by molar-refractivity contribution is 0.368. The SMILES string of the molecule is c1ccc(-c2nc(Cc3nc([C@H]4CCCCCN4)no3)co2)cc1. The molecule has 0 radical (unpaired) electrons. The van der Waals surface area contributed by atoms with Crippen LogP contribution in [-0.2, 0) is 6.42 Å². The first kappa shape index (κ1) is 15.1. The first-order chi connectivity index (χ1) is 11.9. The maximum atomic E-state index is 5.55. The lowest BCUT2D eigenvalue weighted by atomic mass is 10.1. The van der Waals surface area contributed by atoms with Crippen molar-refractivity contribution < 1.29 is 8.94 Å². The highest BCUT2D eigenvalue weighted by Crippen LogP contribution is 2.22. The maximum Gasteiger partial charge on any atom is 0.232 e. The molecule has 0 spiro atoms. The van der Waals surface area contributed by atoms with Crippen LogP contribution in [-0.4, -0.2) is 21.7 Å². The van der Waals surface area contributed by atoms with Crippen LogP contribution in [0.25, 0.3) is 11.5 Å². The Morgan fingerprint density at radius 1 is 1.08 bits per heavy atom. The van der Waals surface area contributed by atoms with Crippen LogP contribution in [0.5, 0.6) is 0 Å². The second kappa shape index (κ2) is 6.97. The Morgan fingerprint density at radius 3 is 2.92 bits per heavy atom. The molecule has 3 aromatic rings. The molecule has 0 bridgehead atoms. The number of aromatic nitrogens is 3. The van der Waals surface area contributed by atoms with Crippen LogP contribution < -0.4 is 5.32 Å². The summed E-state index contributed by atoms with van der Waals surface area (Å²) in [6.07, 6.45) is 6.86. The van der Waals surface area contributed by atoms with Gasteiger partial charge in [-0.15, -0.1) is 0 Å². The minimum atomic E-state index is 0.196. The van der Waals surface area contributed by atoms with E-state index in [-0.39, 0.29) is 6.04 Å². The molecule has 24 heavy (non-hydrogen) atoms. The van der Waals surface area contributed by atoms with Gasteiger partial charge in [-0.05, 0) is 31.5 Å². The zero-order valence-corrected chi connectivity index (χ0v) is 13.4. The summed E-state index contributed by atoms with van der Waals surface area (Å²) in [5.41, 5.74) is 1.75. The van der Waals surface area contributed by atoms with E-state index in [1.807, 2.05) is 30.3 Å². The van der Waals surface area contributed by atoms with Crippen molar-refractivity contribution in [2.45, 2.75) is 38.1 Å². The summed E-state index contributed by atoms with van der Waals surface area (Å²) in [7, 11) is 0. The third kappa shape index (κ3) is 3.38. The summed E-state index contributed by atoms with van der Waals surface area (Å²) in [5.74, 6) is 1.93. The molecule has 1 aromatic carbocycles. The van der Waals surface area contributed by atoms with Gasteiger partial charge in [0, 0.05) is 5.56 Å². The quantitative estimate of drug-likeness (QED) is 0.791. The average Bonchev–Trinajstić information content (AvgIpc) is 3.19. The first-order valence-corrected chi connectivity index (χ1v) is 8.44. The molecule has 0 unspecified atom stereocenters. The largest absolute Gasteiger partial charge is 0.444 e. The molecule has 4 rings (SSSR count). The van der Waals surface area contributed by atoms with Crippen molar-refractivity contribution in [2.24, 2.45) is 0 Å². The fourth-order valence-electron chi connectivity index (χ4n) is 2.99. The number of benzene rings is 1. The average molecular weight is 324 g/mol. The standard InChI is InChI=1S/C18H20N4O2/c1-3-7-13(8-4-1)18-20-14(12-23-18)11-16-21-17(22-24-16)15-9-5-2-6-10-19-15/h1,3-4,7-8,12,15,19H,2,5-6,9-11H2/t15-/m1/s1. The van der Waals surface area contributed by atoms with E-state index in [0.29, 0.717) is 18.2 Å². The summed E-state index contributed by atoms with van der Waals surface area (Å²) in [6, 6.07) is 10.0. The van der Waals surface area contributed by atoms with E-state index < -0.39 is 0 Å². The van der Waals surface area contributed by atoms with E-state index in [9.17, 15) is 0 Å². The minimum absolute atomic E-state index is 0.196. The Hall–Kier alpha value is -2.47. The Kier molecular flexibility index (Phi) is 4.38. The molecule has 124 valence electrons. The lowest BCUT2D eigenvalue weighted by Crippen LogP contribution is -2.21. The molecule has 0 saturated carbocycles. The van der Waals surface area contributed by atoms with Gasteiger partial charge < -0.3 is 14.3 Å². The Bertz CT molecular complexity index is 773. The second-order valence-electron chi connectivity index (χ2n) is 6.09. The number of nitrogens with one attached hydrogen (secondary N) is 1. The van der Waals surface area contributed by atoms with Crippen LogP contribution in [0, 0.1) is 0 Å². The summed E-state index contributed by atoms with van der Waals surface area (Å²) in [6.45, 7) is 1.01. The number of rotatable bonds is 4. The predicted octanol–water partition coefficient (Wildman–Crippen LogP) is 3.52. The molecule has 2 aromatic heterocycles. The smallest absolute Gasteiger partial charge is 0.232 e. The van der Waals surface area contributed by atoms with E-state index in [1.165, 1.54) is 19.3 Å². The molecule has 1 aliphatic heterocycles. The summed E-state index contributed by atoms with van der Waals surface area (Å²) in [4.78, 5) is 9.03. The van der Waals surface area contributed by atoms with Crippen LogP contribution in [0.3, 0.4) is 0 Å². The Balaban J connectivity index is 1.45. The van der Waals surface area contributed by atoms with E-state index in [1.54, 1.807) is 6.26 Å². The van der Waals surface area contributed by atoms with E-state index in [2.05, 4.69) is 20.4 Å². The van der Waals surface area contributed by atoms with E-state index in [0.717, 1.165) is 30.0 Å².